The molecule has 2 aliphatic rings. The van der Waals surface area contributed by atoms with E-state index in [2.05, 4.69) is 52.2 Å². The normalized spacial score (nSPS) is 20.2. The zero-order valence-corrected chi connectivity index (χ0v) is 19.5. The molecule has 1 aromatic heterocycles. The minimum atomic E-state index is -0.220. The van der Waals surface area contributed by atoms with Crippen LogP contribution >= 0.6 is 0 Å². The van der Waals surface area contributed by atoms with Gasteiger partial charge in [-0.1, -0.05) is 12.8 Å². The maximum absolute atomic E-state index is 5.79. The number of aromatic nitrogens is 4. The molecule has 170 valence electrons. The van der Waals surface area contributed by atoms with Gasteiger partial charge >= 0.3 is 0 Å². The Bertz CT molecular complexity index is 863. The molecule has 0 amide bonds. The van der Waals surface area contributed by atoms with Crippen LogP contribution in [-0.2, 0) is 5.54 Å². The van der Waals surface area contributed by atoms with Crippen LogP contribution in [0.1, 0.15) is 63.9 Å². The van der Waals surface area contributed by atoms with E-state index in [1.807, 2.05) is 16.8 Å². The van der Waals surface area contributed by atoms with Gasteiger partial charge in [-0.05, 0) is 56.2 Å². The molecule has 0 spiro atoms. The van der Waals surface area contributed by atoms with E-state index in [9.17, 15) is 0 Å². The fraction of sp³-hybridized carbons (Fsp3) is 0.696. The van der Waals surface area contributed by atoms with Crippen LogP contribution in [0, 0.1) is 0 Å². The Hall–Kier alpha value is -2.19. The van der Waals surface area contributed by atoms with Crippen molar-refractivity contribution in [3.05, 3.63) is 29.6 Å². The van der Waals surface area contributed by atoms with E-state index >= 15 is 0 Å². The van der Waals surface area contributed by atoms with E-state index in [0.717, 1.165) is 55.1 Å². The first-order chi connectivity index (χ1) is 14.9. The Morgan fingerprint density at radius 3 is 2.32 bits per heavy atom. The summed E-state index contributed by atoms with van der Waals surface area (Å²) >= 11 is 0. The predicted molar refractivity (Wildman–Crippen MR) is 120 cm³/mol. The van der Waals surface area contributed by atoms with Gasteiger partial charge in [-0.25, -0.2) is 4.68 Å². The second-order valence-electron chi connectivity index (χ2n) is 9.64. The molecule has 1 aliphatic carbocycles. The Morgan fingerprint density at radius 1 is 1.00 bits per heavy atom. The molecule has 2 fully saturated rings. The molecule has 0 N–H and O–H groups in total. The van der Waals surface area contributed by atoms with E-state index in [1.165, 1.54) is 25.7 Å². The van der Waals surface area contributed by atoms with Crippen LogP contribution in [-0.4, -0.2) is 76.4 Å². The van der Waals surface area contributed by atoms with Gasteiger partial charge < -0.3 is 9.47 Å². The number of nitrogens with zero attached hydrogens (tertiary/aromatic N) is 6. The Labute approximate surface area is 185 Å². The number of methoxy groups -OCH3 is 2. The quantitative estimate of drug-likeness (QED) is 0.700. The van der Waals surface area contributed by atoms with Crippen molar-refractivity contribution in [2.75, 3.05) is 40.4 Å². The van der Waals surface area contributed by atoms with Gasteiger partial charge in [0.15, 0.2) is 5.82 Å². The highest BCUT2D eigenvalue weighted by Crippen LogP contribution is 2.38. The van der Waals surface area contributed by atoms with Crippen molar-refractivity contribution in [3.63, 3.8) is 0 Å². The van der Waals surface area contributed by atoms with Crippen LogP contribution in [0.15, 0.2) is 18.2 Å². The molecule has 2 aromatic rings. The van der Waals surface area contributed by atoms with E-state index in [-0.39, 0.29) is 11.6 Å². The molecule has 1 saturated heterocycles. The minimum Gasteiger partial charge on any atom is -0.497 e. The lowest BCUT2D eigenvalue weighted by Crippen LogP contribution is -2.51. The van der Waals surface area contributed by atoms with Crippen LogP contribution in [0.4, 0.5) is 0 Å². The minimum absolute atomic E-state index is 0.0826. The molecule has 1 aromatic carbocycles. The monoisotopic (exact) mass is 428 g/mol. The standard InChI is InChI=1S/C23H36N6O2/c1-23(2,3)29-22(24-25-26-29)21(19-11-10-18(30-4)16-20(19)31-5)28-14-12-27(13-15-28)17-8-6-7-9-17/h10-11,16-17,21H,6-9,12-15H2,1-5H3. The number of hydrogen-bond donors (Lipinski definition) is 0. The number of benzene rings is 1. The Kier molecular flexibility index (Phi) is 6.48. The first-order valence-electron chi connectivity index (χ1n) is 11.4. The molecule has 2 heterocycles. The first-order valence-corrected chi connectivity index (χ1v) is 11.4. The number of piperazine rings is 1. The van der Waals surface area contributed by atoms with Crippen molar-refractivity contribution in [1.29, 1.82) is 0 Å². The highest BCUT2D eigenvalue weighted by atomic mass is 16.5. The average molecular weight is 429 g/mol. The molecular formula is C23H36N6O2. The number of tetrazole rings is 1. The number of rotatable bonds is 6. The topological polar surface area (TPSA) is 68.5 Å². The second-order valence-corrected chi connectivity index (χ2v) is 9.64. The summed E-state index contributed by atoms with van der Waals surface area (Å²) in [6.07, 6.45) is 5.43. The first kappa shape index (κ1) is 22.0. The molecule has 1 atom stereocenters. The summed E-state index contributed by atoms with van der Waals surface area (Å²) in [7, 11) is 3.38. The van der Waals surface area contributed by atoms with Gasteiger partial charge in [0, 0.05) is 43.9 Å². The van der Waals surface area contributed by atoms with E-state index in [4.69, 9.17) is 9.47 Å². The third-order valence-electron chi connectivity index (χ3n) is 6.66. The van der Waals surface area contributed by atoms with Crippen LogP contribution in [0.3, 0.4) is 0 Å². The maximum atomic E-state index is 5.79. The largest absolute Gasteiger partial charge is 0.497 e. The van der Waals surface area contributed by atoms with Crippen LogP contribution < -0.4 is 9.47 Å². The maximum Gasteiger partial charge on any atom is 0.173 e. The van der Waals surface area contributed by atoms with Crippen molar-refractivity contribution in [3.8, 4) is 11.5 Å². The lowest BCUT2D eigenvalue weighted by molar-refractivity contribution is 0.0748. The molecule has 1 aliphatic heterocycles. The predicted octanol–water partition coefficient (Wildman–Crippen LogP) is 3.09. The zero-order chi connectivity index (χ0) is 22.0. The summed E-state index contributed by atoms with van der Waals surface area (Å²) in [6, 6.07) is 6.71. The summed E-state index contributed by atoms with van der Waals surface area (Å²) in [4.78, 5) is 5.18. The molecule has 4 rings (SSSR count). The van der Waals surface area contributed by atoms with Gasteiger partial charge in [0.2, 0.25) is 0 Å². The van der Waals surface area contributed by atoms with E-state index < -0.39 is 0 Å². The van der Waals surface area contributed by atoms with Gasteiger partial charge in [-0.2, -0.15) is 0 Å². The fourth-order valence-corrected chi connectivity index (χ4v) is 5.02. The van der Waals surface area contributed by atoms with Crippen molar-refractivity contribution >= 4 is 0 Å². The summed E-state index contributed by atoms with van der Waals surface area (Å²) < 4.78 is 13.2. The highest BCUT2D eigenvalue weighted by Gasteiger charge is 2.36. The van der Waals surface area contributed by atoms with E-state index in [1.54, 1.807) is 14.2 Å². The van der Waals surface area contributed by atoms with Gasteiger partial charge in [0.05, 0.1) is 19.8 Å². The van der Waals surface area contributed by atoms with Gasteiger partial charge in [0.25, 0.3) is 0 Å². The van der Waals surface area contributed by atoms with E-state index in [0.29, 0.717) is 0 Å². The average Bonchev–Trinajstić information content (AvgIpc) is 3.47. The summed E-state index contributed by atoms with van der Waals surface area (Å²) in [5.74, 6) is 2.43. The number of hydrogen-bond acceptors (Lipinski definition) is 7. The summed E-state index contributed by atoms with van der Waals surface area (Å²) in [5.41, 5.74) is 0.848. The van der Waals surface area contributed by atoms with Crippen molar-refractivity contribution < 1.29 is 9.47 Å². The summed E-state index contributed by atoms with van der Waals surface area (Å²) in [5, 5.41) is 12.9. The smallest absolute Gasteiger partial charge is 0.173 e. The van der Waals surface area contributed by atoms with Crippen LogP contribution in [0.5, 0.6) is 11.5 Å². The lowest BCUT2D eigenvalue weighted by Gasteiger charge is -2.41. The number of ether oxygens (including phenoxy) is 2. The third-order valence-corrected chi connectivity index (χ3v) is 6.66. The van der Waals surface area contributed by atoms with Gasteiger partial charge in [0.1, 0.15) is 17.5 Å². The molecule has 0 bridgehead atoms. The molecule has 1 saturated carbocycles. The fourth-order valence-electron chi connectivity index (χ4n) is 5.02. The molecule has 1 unspecified atom stereocenters. The molecule has 8 heteroatoms. The zero-order valence-electron chi connectivity index (χ0n) is 19.5. The van der Waals surface area contributed by atoms with Crippen LogP contribution in [0.25, 0.3) is 0 Å². The van der Waals surface area contributed by atoms with Crippen molar-refractivity contribution in [1.82, 2.24) is 30.0 Å². The summed E-state index contributed by atoms with van der Waals surface area (Å²) in [6.45, 7) is 10.5. The Balaban J connectivity index is 1.69. The third kappa shape index (κ3) is 4.55. The lowest BCUT2D eigenvalue weighted by atomic mass is 10.00. The second kappa shape index (κ2) is 9.12. The SMILES string of the molecule is COc1ccc(C(c2nnnn2C(C)(C)C)N2CCN(C3CCCC3)CC2)c(OC)c1. The van der Waals surface area contributed by atoms with Gasteiger partial charge in [-0.15, -0.1) is 5.10 Å². The van der Waals surface area contributed by atoms with Crippen molar-refractivity contribution in [2.24, 2.45) is 0 Å². The molecule has 0 radical (unpaired) electrons. The molecular weight excluding hydrogens is 392 g/mol. The van der Waals surface area contributed by atoms with Crippen molar-refractivity contribution in [2.45, 2.75) is 64.1 Å². The molecule has 8 nitrogen and oxygen atoms in total. The van der Waals surface area contributed by atoms with Gasteiger partial charge in [-0.3, -0.25) is 9.80 Å². The van der Waals surface area contributed by atoms with Crippen LogP contribution in [0.2, 0.25) is 0 Å². The highest BCUT2D eigenvalue weighted by molar-refractivity contribution is 5.44. The molecule has 31 heavy (non-hydrogen) atoms. The Morgan fingerprint density at radius 2 is 1.71 bits per heavy atom.